The van der Waals surface area contributed by atoms with Crippen molar-refractivity contribution < 1.29 is 85.1 Å². The fraction of sp³-hybridized carbons (Fsp3) is 0.0303. The van der Waals surface area contributed by atoms with Gasteiger partial charge in [-0.15, -0.1) is 15.3 Å². The summed E-state index contributed by atoms with van der Waals surface area (Å²) < 4.78 is 71.0. The summed E-state index contributed by atoms with van der Waals surface area (Å²) in [5, 5.41) is 22.5. The molecule has 6 aromatic rings. The van der Waals surface area contributed by atoms with Crippen LogP contribution in [0.15, 0.2) is 146 Å². The van der Waals surface area contributed by atoms with E-state index in [1.165, 1.54) is 30.3 Å². The third kappa shape index (κ3) is 8.44. The quantitative estimate of drug-likeness (QED) is 0.145. The number of benzene rings is 6. The molecule has 0 heterocycles. The minimum atomic E-state index is -4.83. The summed E-state index contributed by atoms with van der Waals surface area (Å²) in [6.45, 7) is 1.95. The number of nitrogens with one attached hydrogen (secondary N) is 1. The van der Waals surface area contributed by atoms with Gasteiger partial charge < -0.3 is 14.4 Å². The number of hydrogen-bond donors (Lipinski definition) is 1. The van der Waals surface area contributed by atoms with Crippen molar-refractivity contribution in [3.05, 3.63) is 121 Å². The first kappa shape index (κ1) is 37.5. The van der Waals surface area contributed by atoms with Crippen molar-refractivity contribution in [1.29, 1.82) is 0 Å². The van der Waals surface area contributed by atoms with Gasteiger partial charge in [0, 0.05) is 32.9 Å². The molecule has 0 fully saturated rings. The Morgan fingerprint density at radius 1 is 0.562 bits per heavy atom. The van der Waals surface area contributed by atoms with E-state index in [2.05, 4.69) is 25.8 Å². The van der Waals surface area contributed by atoms with Crippen LogP contribution in [0.2, 0.25) is 0 Å². The summed E-state index contributed by atoms with van der Waals surface area (Å²) >= 11 is 0. The van der Waals surface area contributed by atoms with Gasteiger partial charge in [-0.25, -0.2) is 16.8 Å². The van der Waals surface area contributed by atoms with Gasteiger partial charge in [0.2, 0.25) is 0 Å². The van der Waals surface area contributed by atoms with E-state index in [-0.39, 0.29) is 75.1 Å². The average molecular weight is 696 g/mol. The van der Waals surface area contributed by atoms with Gasteiger partial charge in [0.15, 0.2) is 0 Å². The standard InChI is InChI=1S/C33H25N5O6S2.2Na/c1-21-12-14-22(15-13-21)34-31-19-18-30(27-10-5-11-32(33(27)31)46(42,43)44)38-37-29-17-16-28(25-8-2-3-9-26(25)29)36-35-23-6-4-7-24(20-23)45(39,40)41;;/h2-20,34H,1H3,(H,39,40,41)(H,42,43,44);;/q;2*+1/p-2. The van der Waals surface area contributed by atoms with Gasteiger partial charge in [-0.3, -0.25) is 0 Å². The van der Waals surface area contributed by atoms with E-state index in [4.69, 9.17) is 0 Å². The van der Waals surface area contributed by atoms with Gasteiger partial charge >= 0.3 is 59.1 Å². The molecule has 0 aliphatic rings. The molecule has 230 valence electrons. The molecule has 15 heteroatoms. The maximum atomic E-state index is 12.3. The molecule has 0 aliphatic carbocycles. The largest absolute Gasteiger partial charge is 1.00 e. The Kier molecular flexibility index (Phi) is 12.1. The van der Waals surface area contributed by atoms with Crippen molar-refractivity contribution in [2.75, 3.05) is 5.32 Å². The van der Waals surface area contributed by atoms with Gasteiger partial charge in [0.25, 0.3) is 0 Å². The van der Waals surface area contributed by atoms with Crippen LogP contribution in [0, 0.1) is 6.92 Å². The van der Waals surface area contributed by atoms with Gasteiger partial charge in [-0.2, -0.15) is 5.11 Å². The molecule has 0 saturated carbocycles. The normalized spacial score (nSPS) is 11.9. The summed E-state index contributed by atoms with van der Waals surface area (Å²) in [6, 6.07) is 31.2. The van der Waals surface area contributed by atoms with Crippen LogP contribution in [0.1, 0.15) is 5.56 Å². The van der Waals surface area contributed by atoms with E-state index < -0.39 is 25.1 Å². The number of nitrogens with zero attached hydrogens (tertiary/aromatic N) is 4. The van der Waals surface area contributed by atoms with Crippen molar-refractivity contribution >= 4 is 75.9 Å². The monoisotopic (exact) mass is 695 g/mol. The van der Waals surface area contributed by atoms with Crippen molar-refractivity contribution in [2.24, 2.45) is 20.5 Å². The number of azo groups is 2. The second-order valence-corrected chi connectivity index (χ2v) is 13.0. The summed E-state index contributed by atoms with van der Waals surface area (Å²) in [4.78, 5) is -0.786. The second-order valence-electron chi connectivity index (χ2n) is 10.3. The fourth-order valence-corrected chi connectivity index (χ4v) is 6.14. The first-order valence-electron chi connectivity index (χ1n) is 13.7. The van der Waals surface area contributed by atoms with Crippen molar-refractivity contribution in [3.63, 3.8) is 0 Å². The van der Waals surface area contributed by atoms with Crippen LogP contribution >= 0.6 is 0 Å². The Labute approximate surface area is 321 Å². The minimum absolute atomic E-state index is 0. The van der Waals surface area contributed by atoms with Crippen LogP contribution in [-0.4, -0.2) is 25.9 Å². The van der Waals surface area contributed by atoms with Crippen molar-refractivity contribution in [2.45, 2.75) is 16.7 Å². The summed E-state index contributed by atoms with van der Waals surface area (Å²) in [5.74, 6) is 0. The molecule has 0 bridgehead atoms. The maximum Gasteiger partial charge on any atom is 1.00 e. The number of anilines is 2. The Hall–Kier alpha value is -3.34. The Balaban J connectivity index is 0.00000260. The molecule has 0 unspecified atom stereocenters. The smallest absolute Gasteiger partial charge is 0.744 e. The number of fused-ring (bicyclic) bond motifs is 2. The Morgan fingerprint density at radius 3 is 1.71 bits per heavy atom. The Morgan fingerprint density at radius 2 is 1.10 bits per heavy atom. The van der Waals surface area contributed by atoms with Crippen LogP contribution in [-0.2, 0) is 20.2 Å². The molecular weight excluding hydrogens is 673 g/mol. The summed E-state index contributed by atoms with van der Waals surface area (Å²) in [7, 11) is -9.47. The minimum Gasteiger partial charge on any atom is -0.744 e. The van der Waals surface area contributed by atoms with Crippen LogP contribution < -0.4 is 64.4 Å². The first-order valence-corrected chi connectivity index (χ1v) is 16.6. The van der Waals surface area contributed by atoms with E-state index in [1.54, 1.807) is 30.3 Å². The van der Waals surface area contributed by atoms with Gasteiger partial charge in [-0.05, 0) is 67.6 Å². The number of aryl methyl sites for hydroxylation is 1. The van der Waals surface area contributed by atoms with Crippen molar-refractivity contribution in [1.82, 2.24) is 0 Å². The van der Waals surface area contributed by atoms with E-state index in [9.17, 15) is 25.9 Å². The predicted molar refractivity (Wildman–Crippen MR) is 173 cm³/mol. The SMILES string of the molecule is Cc1ccc(Nc2ccc(N=Nc3ccc(N=Nc4cccc(S(=O)(=O)[O-])c4)c4ccccc34)c3cccc(S(=O)(=O)[O-])c23)cc1.[Na+].[Na+]. The van der Waals surface area contributed by atoms with Crippen LogP contribution in [0.3, 0.4) is 0 Å². The van der Waals surface area contributed by atoms with E-state index >= 15 is 0 Å². The fourth-order valence-electron chi connectivity index (χ4n) is 4.91. The molecule has 0 atom stereocenters. The number of rotatable bonds is 8. The number of hydrogen-bond acceptors (Lipinski definition) is 11. The molecule has 11 nitrogen and oxygen atoms in total. The zero-order chi connectivity index (χ0) is 32.5. The molecule has 0 radical (unpaired) electrons. The third-order valence-electron chi connectivity index (χ3n) is 7.10. The van der Waals surface area contributed by atoms with E-state index in [0.717, 1.165) is 11.6 Å². The summed E-state index contributed by atoms with van der Waals surface area (Å²) in [6.07, 6.45) is 0. The van der Waals surface area contributed by atoms with Crippen LogP contribution in [0.4, 0.5) is 34.1 Å². The average Bonchev–Trinajstić information content (AvgIpc) is 3.03. The Bertz CT molecular complexity index is 2420. The van der Waals surface area contributed by atoms with E-state index in [0.29, 0.717) is 44.6 Å². The molecule has 0 aliphatic heterocycles. The molecular formula is C33H23N5Na2O6S2. The molecule has 6 rings (SSSR count). The van der Waals surface area contributed by atoms with Gasteiger partial charge in [0.1, 0.15) is 20.2 Å². The van der Waals surface area contributed by atoms with Crippen LogP contribution in [0.5, 0.6) is 0 Å². The van der Waals surface area contributed by atoms with Gasteiger partial charge in [-0.1, -0.05) is 60.2 Å². The second kappa shape index (κ2) is 15.5. The predicted octanol–water partition coefficient (Wildman–Crippen LogP) is 2.69. The maximum absolute atomic E-state index is 12.3. The molecule has 1 N–H and O–H groups in total. The summed E-state index contributed by atoms with van der Waals surface area (Å²) in [5.41, 5.74) is 3.68. The molecule has 0 aromatic heterocycles. The molecule has 0 saturated heterocycles. The molecule has 6 aromatic carbocycles. The van der Waals surface area contributed by atoms with E-state index in [1.807, 2.05) is 55.5 Å². The zero-order valence-corrected chi connectivity index (χ0v) is 31.7. The topological polar surface area (TPSA) is 176 Å². The zero-order valence-electron chi connectivity index (χ0n) is 26.0. The van der Waals surface area contributed by atoms with Crippen molar-refractivity contribution in [3.8, 4) is 0 Å². The molecule has 0 spiro atoms. The first-order chi connectivity index (χ1) is 22.0. The molecule has 0 amide bonds. The third-order valence-corrected chi connectivity index (χ3v) is 8.81. The van der Waals surface area contributed by atoms with Crippen LogP contribution in [0.25, 0.3) is 21.5 Å². The molecule has 48 heavy (non-hydrogen) atoms. The van der Waals surface area contributed by atoms with Gasteiger partial charge in [0.05, 0.1) is 32.5 Å².